The highest BCUT2D eigenvalue weighted by molar-refractivity contribution is 5.31. The van der Waals surface area contributed by atoms with Gasteiger partial charge in [0.05, 0.1) is 0 Å². The van der Waals surface area contributed by atoms with E-state index in [1.54, 1.807) is 0 Å². The Morgan fingerprint density at radius 2 is 1.64 bits per heavy atom. The number of hydrogen-bond donors (Lipinski definition) is 0. The summed E-state index contributed by atoms with van der Waals surface area (Å²) in [5.41, 5.74) is 4.43. The van der Waals surface area contributed by atoms with Crippen molar-refractivity contribution in [1.82, 2.24) is 0 Å². The zero-order valence-corrected chi connectivity index (χ0v) is 8.49. The predicted octanol–water partition coefficient (Wildman–Crippen LogP) is 4.09. The molecule has 0 aromatic heterocycles. The van der Waals surface area contributed by atoms with Gasteiger partial charge in [-0.1, -0.05) is 31.1 Å². The highest BCUT2D eigenvalue weighted by Gasteiger charge is 1.97. The molecule has 0 heteroatoms. The minimum atomic E-state index is 1.14. The Labute approximate surface area is 71.0 Å². The van der Waals surface area contributed by atoms with Crippen molar-refractivity contribution >= 4 is 0 Å². The van der Waals surface area contributed by atoms with Crippen LogP contribution in [0, 0.1) is 0 Å². The van der Waals surface area contributed by atoms with Gasteiger partial charge in [-0.05, 0) is 39.2 Å². The van der Waals surface area contributed by atoms with Gasteiger partial charge in [-0.25, -0.2) is 0 Å². The van der Waals surface area contributed by atoms with Crippen molar-refractivity contribution in [2.45, 2.75) is 47.5 Å². The SMILES string of the molecule is CCC=C(C)C(CC)=C(C)C. The number of allylic oxidation sites excluding steroid dienone is 4. The van der Waals surface area contributed by atoms with Crippen molar-refractivity contribution in [2.75, 3.05) is 0 Å². The van der Waals surface area contributed by atoms with Crippen LogP contribution >= 0.6 is 0 Å². The summed E-state index contributed by atoms with van der Waals surface area (Å²) in [6.45, 7) is 11.0. The Hall–Kier alpha value is -0.520. The van der Waals surface area contributed by atoms with E-state index in [0.717, 1.165) is 12.8 Å². The molecule has 64 valence electrons. The maximum absolute atomic E-state index is 2.30. The molecular weight excluding hydrogens is 132 g/mol. The first-order valence-corrected chi connectivity index (χ1v) is 4.46. The van der Waals surface area contributed by atoms with Crippen LogP contribution in [-0.2, 0) is 0 Å². The molecule has 0 aromatic carbocycles. The number of hydrogen-bond acceptors (Lipinski definition) is 0. The van der Waals surface area contributed by atoms with E-state index in [-0.39, 0.29) is 0 Å². The summed E-state index contributed by atoms with van der Waals surface area (Å²) in [5, 5.41) is 0. The average molecular weight is 152 g/mol. The highest BCUT2D eigenvalue weighted by Crippen LogP contribution is 2.17. The molecule has 0 radical (unpaired) electrons. The minimum absolute atomic E-state index is 1.14. The van der Waals surface area contributed by atoms with Gasteiger partial charge in [-0.15, -0.1) is 0 Å². The smallest absolute Gasteiger partial charge is 0.0306 e. The molecule has 0 rings (SSSR count). The van der Waals surface area contributed by atoms with Crippen LogP contribution in [0.25, 0.3) is 0 Å². The summed E-state index contributed by atoms with van der Waals surface area (Å²) >= 11 is 0. The molecule has 0 aromatic rings. The van der Waals surface area contributed by atoms with Crippen molar-refractivity contribution in [3.63, 3.8) is 0 Å². The van der Waals surface area contributed by atoms with E-state index in [0.29, 0.717) is 0 Å². The molecule has 0 aliphatic carbocycles. The Morgan fingerprint density at radius 3 is 1.91 bits per heavy atom. The Kier molecular flexibility index (Phi) is 4.93. The van der Waals surface area contributed by atoms with E-state index in [9.17, 15) is 0 Å². The third-order valence-electron chi connectivity index (χ3n) is 1.94. The van der Waals surface area contributed by atoms with Crippen LogP contribution < -0.4 is 0 Å². The maximum atomic E-state index is 2.30. The van der Waals surface area contributed by atoms with Gasteiger partial charge >= 0.3 is 0 Å². The van der Waals surface area contributed by atoms with Crippen molar-refractivity contribution in [3.05, 3.63) is 22.8 Å². The monoisotopic (exact) mass is 152 g/mol. The van der Waals surface area contributed by atoms with Crippen LogP contribution in [0.4, 0.5) is 0 Å². The lowest BCUT2D eigenvalue weighted by atomic mass is 10.00. The summed E-state index contributed by atoms with van der Waals surface area (Å²) in [6, 6.07) is 0. The molecule has 0 bridgehead atoms. The van der Waals surface area contributed by atoms with Gasteiger partial charge in [-0.2, -0.15) is 0 Å². The molecule has 0 aliphatic rings. The molecule has 0 saturated carbocycles. The van der Waals surface area contributed by atoms with Gasteiger partial charge < -0.3 is 0 Å². The zero-order valence-electron chi connectivity index (χ0n) is 8.49. The summed E-state index contributed by atoms with van der Waals surface area (Å²) < 4.78 is 0. The molecule has 0 aliphatic heterocycles. The molecule has 0 nitrogen and oxygen atoms in total. The molecular formula is C11H20. The van der Waals surface area contributed by atoms with E-state index in [1.807, 2.05) is 0 Å². The first-order valence-electron chi connectivity index (χ1n) is 4.46. The largest absolute Gasteiger partial charge is 0.0816 e. The van der Waals surface area contributed by atoms with Crippen LogP contribution in [0.15, 0.2) is 22.8 Å². The van der Waals surface area contributed by atoms with Crippen molar-refractivity contribution in [3.8, 4) is 0 Å². The first-order chi connectivity index (χ1) is 5.13. The van der Waals surface area contributed by atoms with E-state index in [2.05, 4.69) is 40.7 Å². The normalized spacial score (nSPS) is 11.5. The second-order valence-corrected chi connectivity index (χ2v) is 3.13. The van der Waals surface area contributed by atoms with Crippen LogP contribution in [0.2, 0.25) is 0 Å². The topological polar surface area (TPSA) is 0 Å². The van der Waals surface area contributed by atoms with Crippen molar-refractivity contribution in [2.24, 2.45) is 0 Å². The fraction of sp³-hybridized carbons (Fsp3) is 0.636. The van der Waals surface area contributed by atoms with Crippen molar-refractivity contribution in [1.29, 1.82) is 0 Å². The summed E-state index contributed by atoms with van der Waals surface area (Å²) in [6.07, 6.45) is 4.60. The lowest BCUT2D eigenvalue weighted by Gasteiger charge is -2.07. The summed E-state index contributed by atoms with van der Waals surface area (Å²) in [4.78, 5) is 0. The van der Waals surface area contributed by atoms with Crippen LogP contribution in [0.3, 0.4) is 0 Å². The fourth-order valence-corrected chi connectivity index (χ4v) is 1.46. The molecule has 0 atom stereocenters. The Balaban J connectivity index is 4.53. The quantitative estimate of drug-likeness (QED) is 0.534. The molecule has 0 spiro atoms. The molecule has 0 heterocycles. The van der Waals surface area contributed by atoms with Crippen LogP contribution in [0.1, 0.15) is 47.5 Å². The van der Waals surface area contributed by atoms with Gasteiger partial charge in [0.2, 0.25) is 0 Å². The van der Waals surface area contributed by atoms with Crippen LogP contribution in [-0.4, -0.2) is 0 Å². The van der Waals surface area contributed by atoms with Gasteiger partial charge in [0, 0.05) is 0 Å². The lowest BCUT2D eigenvalue weighted by Crippen LogP contribution is -1.86. The zero-order chi connectivity index (χ0) is 8.85. The Bertz CT molecular complexity index is 166. The molecule has 0 unspecified atom stereocenters. The molecule has 0 fully saturated rings. The molecule has 0 N–H and O–H groups in total. The molecule has 11 heavy (non-hydrogen) atoms. The fourth-order valence-electron chi connectivity index (χ4n) is 1.46. The van der Waals surface area contributed by atoms with E-state index >= 15 is 0 Å². The molecule has 0 saturated heterocycles. The summed E-state index contributed by atoms with van der Waals surface area (Å²) in [7, 11) is 0. The van der Waals surface area contributed by atoms with Crippen molar-refractivity contribution < 1.29 is 0 Å². The summed E-state index contributed by atoms with van der Waals surface area (Å²) in [5.74, 6) is 0. The second-order valence-electron chi connectivity index (χ2n) is 3.13. The van der Waals surface area contributed by atoms with E-state index < -0.39 is 0 Å². The van der Waals surface area contributed by atoms with Gasteiger partial charge in [-0.3, -0.25) is 0 Å². The highest BCUT2D eigenvalue weighted by atomic mass is 14.0. The van der Waals surface area contributed by atoms with Gasteiger partial charge in [0.15, 0.2) is 0 Å². The number of rotatable bonds is 3. The average Bonchev–Trinajstić information content (AvgIpc) is 1.88. The Morgan fingerprint density at radius 1 is 1.09 bits per heavy atom. The first kappa shape index (κ1) is 10.5. The van der Waals surface area contributed by atoms with Gasteiger partial charge in [0.25, 0.3) is 0 Å². The third kappa shape index (κ3) is 3.41. The second kappa shape index (κ2) is 5.17. The van der Waals surface area contributed by atoms with E-state index in [4.69, 9.17) is 0 Å². The van der Waals surface area contributed by atoms with E-state index in [1.165, 1.54) is 16.7 Å². The lowest BCUT2D eigenvalue weighted by molar-refractivity contribution is 1.04. The minimum Gasteiger partial charge on any atom is -0.0816 e. The van der Waals surface area contributed by atoms with Crippen LogP contribution in [0.5, 0.6) is 0 Å². The maximum Gasteiger partial charge on any atom is -0.0306 e. The van der Waals surface area contributed by atoms with Gasteiger partial charge in [0.1, 0.15) is 0 Å². The standard InChI is InChI=1S/C11H20/c1-6-8-10(5)11(7-2)9(3)4/h8H,6-7H2,1-5H3. The molecule has 0 amide bonds. The third-order valence-corrected chi connectivity index (χ3v) is 1.94. The predicted molar refractivity (Wildman–Crippen MR) is 52.7 cm³/mol.